The molecule has 1 aromatic rings. The number of benzene rings is 1. The molecule has 1 aromatic carbocycles. The molecule has 1 unspecified atom stereocenters. The summed E-state index contributed by atoms with van der Waals surface area (Å²) in [6.45, 7) is 3.89. The van der Waals surface area contributed by atoms with E-state index in [1.807, 2.05) is 25.1 Å². The van der Waals surface area contributed by atoms with Crippen LogP contribution in [0.5, 0.6) is 5.75 Å². The second-order valence-electron chi connectivity index (χ2n) is 4.90. The number of hydrogen-bond donors (Lipinski definition) is 0. The molecule has 19 heavy (non-hydrogen) atoms. The lowest BCUT2D eigenvalue weighted by Crippen LogP contribution is -2.32. The van der Waals surface area contributed by atoms with Crippen molar-refractivity contribution < 1.29 is 14.3 Å². The van der Waals surface area contributed by atoms with Gasteiger partial charge in [-0.25, -0.2) is 4.79 Å². The fourth-order valence-corrected chi connectivity index (χ4v) is 2.68. The molecule has 0 aliphatic carbocycles. The first kappa shape index (κ1) is 13.9. The van der Waals surface area contributed by atoms with E-state index in [1.54, 1.807) is 7.11 Å². The Kier molecular flexibility index (Phi) is 4.43. The standard InChI is InChI=1S/C15H21NO3/c1-11-10-12(6-7-13(11)18-2)14(15(17)19-3)16-8-4-5-9-16/h6-7,10,14H,4-5,8-9H2,1-3H3. The van der Waals surface area contributed by atoms with E-state index in [2.05, 4.69) is 4.90 Å². The van der Waals surface area contributed by atoms with Crippen LogP contribution in [0, 0.1) is 6.92 Å². The van der Waals surface area contributed by atoms with Crippen molar-refractivity contribution in [3.63, 3.8) is 0 Å². The Balaban J connectivity index is 2.31. The molecule has 0 amide bonds. The van der Waals surface area contributed by atoms with E-state index in [1.165, 1.54) is 7.11 Å². The third-order valence-electron chi connectivity index (χ3n) is 3.66. The molecule has 1 aliphatic heterocycles. The Bertz CT molecular complexity index is 453. The van der Waals surface area contributed by atoms with Crippen LogP contribution in [0.1, 0.15) is 30.0 Å². The summed E-state index contributed by atoms with van der Waals surface area (Å²) in [5.41, 5.74) is 2.01. The zero-order valence-electron chi connectivity index (χ0n) is 11.8. The van der Waals surface area contributed by atoms with Crippen molar-refractivity contribution in [2.24, 2.45) is 0 Å². The van der Waals surface area contributed by atoms with Crippen LogP contribution >= 0.6 is 0 Å². The number of carbonyl (C=O) groups excluding carboxylic acids is 1. The van der Waals surface area contributed by atoms with Gasteiger partial charge in [0.1, 0.15) is 11.8 Å². The summed E-state index contributed by atoms with van der Waals surface area (Å²) in [5, 5.41) is 0. The monoisotopic (exact) mass is 263 g/mol. The van der Waals surface area contributed by atoms with E-state index >= 15 is 0 Å². The molecular formula is C15H21NO3. The van der Waals surface area contributed by atoms with Gasteiger partial charge in [0, 0.05) is 0 Å². The molecule has 0 N–H and O–H groups in total. The average molecular weight is 263 g/mol. The number of hydrogen-bond acceptors (Lipinski definition) is 4. The molecule has 1 saturated heterocycles. The molecule has 4 heteroatoms. The van der Waals surface area contributed by atoms with Gasteiger partial charge in [0.15, 0.2) is 0 Å². The molecule has 2 rings (SSSR count). The van der Waals surface area contributed by atoms with Crippen LogP contribution in [-0.2, 0) is 9.53 Å². The molecule has 104 valence electrons. The fourth-order valence-electron chi connectivity index (χ4n) is 2.68. The van der Waals surface area contributed by atoms with Gasteiger partial charge in [-0.15, -0.1) is 0 Å². The predicted molar refractivity (Wildman–Crippen MR) is 73.3 cm³/mol. The first-order valence-corrected chi connectivity index (χ1v) is 6.63. The highest BCUT2D eigenvalue weighted by atomic mass is 16.5. The number of aryl methyl sites for hydroxylation is 1. The second-order valence-corrected chi connectivity index (χ2v) is 4.90. The number of carbonyl (C=O) groups is 1. The van der Waals surface area contributed by atoms with Gasteiger partial charge in [0.2, 0.25) is 0 Å². The molecule has 4 nitrogen and oxygen atoms in total. The van der Waals surface area contributed by atoms with E-state index in [0.717, 1.165) is 42.8 Å². The summed E-state index contributed by atoms with van der Waals surface area (Å²) in [6.07, 6.45) is 2.28. The van der Waals surface area contributed by atoms with Crippen molar-refractivity contribution >= 4 is 5.97 Å². The summed E-state index contributed by atoms with van der Waals surface area (Å²) in [4.78, 5) is 14.3. The molecule has 1 atom stereocenters. The van der Waals surface area contributed by atoms with Gasteiger partial charge in [-0.05, 0) is 50.0 Å². The lowest BCUT2D eigenvalue weighted by molar-refractivity contribution is -0.146. The summed E-state index contributed by atoms with van der Waals surface area (Å²) >= 11 is 0. The lowest BCUT2D eigenvalue weighted by atomic mass is 10.0. The molecule has 1 fully saturated rings. The van der Waals surface area contributed by atoms with Crippen molar-refractivity contribution in [2.45, 2.75) is 25.8 Å². The van der Waals surface area contributed by atoms with Crippen molar-refractivity contribution in [2.75, 3.05) is 27.3 Å². The van der Waals surface area contributed by atoms with Crippen LogP contribution in [0.4, 0.5) is 0 Å². The normalized spacial score (nSPS) is 17.2. The summed E-state index contributed by atoms with van der Waals surface area (Å²) in [6, 6.07) is 5.58. The topological polar surface area (TPSA) is 38.8 Å². The maximum Gasteiger partial charge on any atom is 0.327 e. The Morgan fingerprint density at radius 2 is 1.95 bits per heavy atom. The number of esters is 1. The summed E-state index contributed by atoms with van der Waals surface area (Å²) in [5.74, 6) is 0.653. The van der Waals surface area contributed by atoms with Crippen LogP contribution in [0.15, 0.2) is 18.2 Å². The molecule has 0 aromatic heterocycles. The number of nitrogens with zero attached hydrogens (tertiary/aromatic N) is 1. The Morgan fingerprint density at radius 3 is 2.47 bits per heavy atom. The third-order valence-corrected chi connectivity index (χ3v) is 3.66. The van der Waals surface area contributed by atoms with Crippen molar-refractivity contribution in [1.82, 2.24) is 4.90 Å². The van der Waals surface area contributed by atoms with Crippen molar-refractivity contribution in [3.8, 4) is 5.75 Å². The highest BCUT2D eigenvalue weighted by molar-refractivity contribution is 5.77. The van der Waals surface area contributed by atoms with Crippen LogP contribution < -0.4 is 4.74 Å². The van der Waals surface area contributed by atoms with Crippen LogP contribution in [0.3, 0.4) is 0 Å². The SMILES string of the molecule is COC(=O)C(c1ccc(OC)c(C)c1)N1CCCC1. The number of methoxy groups -OCH3 is 2. The first-order chi connectivity index (χ1) is 9.17. The van der Waals surface area contributed by atoms with Gasteiger partial charge >= 0.3 is 5.97 Å². The van der Waals surface area contributed by atoms with Gasteiger partial charge in [0.05, 0.1) is 14.2 Å². The van der Waals surface area contributed by atoms with Gasteiger partial charge < -0.3 is 9.47 Å². The zero-order valence-corrected chi connectivity index (χ0v) is 11.8. The zero-order chi connectivity index (χ0) is 13.8. The molecule has 1 aliphatic rings. The lowest BCUT2D eigenvalue weighted by Gasteiger charge is -2.26. The minimum absolute atomic E-state index is 0.188. The number of likely N-dealkylation sites (tertiary alicyclic amines) is 1. The maximum absolute atomic E-state index is 12.1. The van der Waals surface area contributed by atoms with Crippen molar-refractivity contribution in [3.05, 3.63) is 29.3 Å². The number of rotatable bonds is 4. The highest BCUT2D eigenvalue weighted by Crippen LogP contribution is 2.29. The Labute approximate surface area is 114 Å². The van der Waals surface area contributed by atoms with Gasteiger partial charge in [0.25, 0.3) is 0 Å². The first-order valence-electron chi connectivity index (χ1n) is 6.63. The van der Waals surface area contributed by atoms with Gasteiger partial charge in [-0.2, -0.15) is 0 Å². The summed E-state index contributed by atoms with van der Waals surface area (Å²) in [7, 11) is 3.10. The molecule has 0 radical (unpaired) electrons. The minimum Gasteiger partial charge on any atom is -0.496 e. The van der Waals surface area contributed by atoms with Gasteiger partial charge in [-0.3, -0.25) is 4.90 Å². The smallest absolute Gasteiger partial charge is 0.327 e. The van der Waals surface area contributed by atoms with E-state index < -0.39 is 0 Å². The predicted octanol–water partition coefficient (Wildman–Crippen LogP) is 2.31. The molecule has 1 heterocycles. The Morgan fingerprint density at radius 1 is 1.26 bits per heavy atom. The van der Waals surface area contributed by atoms with Crippen LogP contribution in [0.2, 0.25) is 0 Å². The van der Waals surface area contributed by atoms with E-state index in [4.69, 9.17) is 9.47 Å². The van der Waals surface area contributed by atoms with E-state index in [-0.39, 0.29) is 12.0 Å². The van der Waals surface area contributed by atoms with Gasteiger partial charge in [-0.1, -0.05) is 12.1 Å². The number of ether oxygens (including phenoxy) is 2. The summed E-state index contributed by atoms with van der Waals surface area (Å²) < 4.78 is 10.2. The minimum atomic E-state index is -0.294. The van der Waals surface area contributed by atoms with E-state index in [0.29, 0.717) is 0 Å². The second kappa shape index (κ2) is 6.06. The van der Waals surface area contributed by atoms with Crippen LogP contribution in [0.25, 0.3) is 0 Å². The van der Waals surface area contributed by atoms with Crippen LogP contribution in [-0.4, -0.2) is 38.2 Å². The highest BCUT2D eigenvalue weighted by Gasteiger charge is 2.30. The average Bonchev–Trinajstić information content (AvgIpc) is 2.93. The fraction of sp³-hybridized carbons (Fsp3) is 0.533. The van der Waals surface area contributed by atoms with Crippen molar-refractivity contribution in [1.29, 1.82) is 0 Å². The molecular weight excluding hydrogens is 242 g/mol. The van der Waals surface area contributed by atoms with E-state index in [9.17, 15) is 4.79 Å². The Hall–Kier alpha value is -1.55. The molecule has 0 spiro atoms. The maximum atomic E-state index is 12.1. The third kappa shape index (κ3) is 2.89. The quantitative estimate of drug-likeness (QED) is 0.781. The largest absolute Gasteiger partial charge is 0.496 e. The molecule has 0 bridgehead atoms. The molecule has 0 saturated carbocycles.